The minimum atomic E-state index is 0.433. The van der Waals surface area contributed by atoms with E-state index in [-0.39, 0.29) is 0 Å². The lowest BCUT2D eigenvalue weighted by Gasteiger charge is -2.30. The number of aromatic nitrogens is 3. The maximum absolute atomic E-state index is 5.37. The van der Waals surface area contributed by atoms with Crippen LogP contribution in [0, 0.1) is 0 Å². The van der Waals surface area contributed by atoms with E-state index < -0.39 is 0 Å². The molecule has 1 aliphatic carbocycles. The topological polar surface area (TPSA) is 78.1 Å². The van der Waals surface area contributed by atoms with Crippen molar-refractivity contribution in [1.82, 2.24) is 20.3 Å². The number of hydrogen-bond acceptors (Lipinski definition) is 6. The van der Waals surface area contributed by atoms with Gasteiger partial charge in [0.15, 0.2) is 0 Å². The van der Waals surface area contributed by atoms with Crippen LogP contribution >= 0.6 is 0 Å². The van der Waals surface area contributed by atoms with Gasteiger partial charge in [0, 0.05) is 56.0 Å². The van der Waals surface area contributed by atoms with Crippen LogP contribution in [0.3, 0.4) is 0 Å². The van der Waals surface area contributed by atoms with E-state index in [0.29, 0.717) is 12.1 Å². The number of anilines is 2. The van der Waals surface area contributed by atoms with Gasteiger partial charge < -0.3 is 25.3 Å². The van der Waals surface area contributed by atoms with E-state index in [1.165, 1.54) is 10.9 Å². The number of nitrogens with one attached hydrogen (secondary N) is 3. The number of nitrogens with zero attached hydrogens (tertiary/aromatic N) is 3. The Labute approximate surface area is 171 Å². The number of fused-ring (bicyclic) bond motifs is 1. The van der Waals surface area contributed by atoms with Crippen molar-refractivity contribution in [3.05, 3.63) is 42.2 Å². The summed E-state index contributed by atoms with van der Waals surface area (Å²) in [5.74, 6) is 2.54. The van der Waals surface area contributed by atoms with Crippen LogP contribution in [0.2, 0.25) is 0 Å². The van der Waals surface area contributed by atoms with Gasteiger partial charge in [-0.15, -0.1) is 0 Å². The molecule has 0 atom stereocenters. The van der Waals surface area contributed by atoms with Crippen LogP contribution in [0.25, 0.3) is 10.9 Å². The molecular formula is C22H30N6O. The summed E-state index contributed by atoms with van der Waals surface area (Å²) in [7, 11) is 5.69. The van der Waals surface area contributed by atoms with E-state index in [0.717, 1.165) is 55.3 Å². The average Bonchev–Trinajstić information content (AvgIpc) is 3.15. The van der Waals surface area contributed by atoms with Gasteiger partial charge in [-0.3, -0.25) is 0 Å². The van der Waals surface area contributed by atoms with Crippen LogP contribution < -0.4 is 20.3 Å². The molecule has 1 fully saturated rings. The molecule has 2 heterocycles. The van der Waals surface area contributed by atoms with Crippen LogP contribution in [0.5, 0.6) is 5.75 Å². The zero-order valence-corrected chi connectivity index (χ0v) is 17.4. The molecule has 1 aliphatic rings. The van der Waals surface area contributed by atoms with E-state index >= 15 is 0 Å². The zero-order chi connectivity index (χ0) is 20.2. The third kappa shape index (κ3) is 4.62. The summed E-state index contributed by atoms with van der Waals surface area (Å²) >= 11 is 0. The smallest absolute Gasteiger partial charge is 0.224 e. The number of methoxy groups -OCH3 is 1. The molecule has 0 unspecified atom stereocenters. The minimum Gasteiger partial charge on any atom is -0.497 e. The summed E-state index contributed by atoms with van der Waals surface area (Å²) in [5.41, 5.74) is 2.43. The lowest BCUT2D eigenvalue weighted by atomic mass is 9.91. The molecule has 4 rings (SSSR count). The minimum absolute atomic E-state index is 0.433. The Balaban J connectivity index is 1.29. The Morgan fingerprint density at radius 2 is 1.93 bits per heavy atom. The largest absolute Gasteiger partial charge is 0.497 e. The van der Waals surface area contributed by atoms with E-state index in [4.69, 9.17) is 4.74 Å². The maximum atomic E-state index is 5.37. The third-order valence-corrected chi connectivity index (χ3v) is 5.72. The lowest BCUT2D eigenvalue weighted by Crippen LogP contribution is -2.36. The highest BCUT2D eigenvalue weighted by atomic mass is 16.5. The molecular weight excluding hydrogens is 364 g/mol. The summed E-state index contributed by atoms with van der Waals surface area (Å²) in [6, 6.07) is 9.06. The standard InChI is InChI=1S/C22H30N6O/c1-28(2)21-10-11-23-22(27-21)26-17-6-4-16(5-7-17)24-13-15-14-25-20-9-8-18(29-3)12-19(15)20/h8-12,14,16-17,24-25H,4-7,13H2,1-3H3,(H,23,26,27)/t16-,17+. The number of H-pyrrole nitrogens is 1. The Morgan fingerprint density at radius 1 is 1.14 bits per heavy atom. The van der Waals surface area contributed by atoms with Crippen molar-refractivity contribution in [2.24, 2.45) is 0 Å². The first-order chi connectivity index (χ1) is 14.1. The van der Waals surface area contributed by atoms with E-state index in [1.54, 1.807) is 7.11 Å². The Bertz CT molecular complexity index is 945. The highest BCUT2D eigenvalue weighted by Crippen LogP contribution is 2.25. The van der Waals surface area contributed by atoms with Crippen LogP contribution in [0.4, 0.5) is 11.8 Å². The highest BCUT2D eigenvalue weighted by molar-refractivity contribution is 5.84. The summed E-state index contributed by atoms with van der Waals surface area (Å²) in [4.78, 5) is 14.3. The van der Waals surface area contributed by atoms with Crippen LogP contribution in [0.1, 0.15) is 31.2 Å². The first-order valence-corrected chi connectivity index (χ1v) is 10.3. The van der Waals surface area contributed by atoms with Crippen LogP contribution in [0.15, 0.2) is 36.7 Å². The summed E-state index contributed by atoms with van der Waals surface area (Å²) in [6.07, 6.45) is 8.45. The second-order valence-electron chi connectivity index (χ2n) is 7.93. The van der Waals surface area contributed by atoms with Crippen LogP contribution in [-0.2, 0) is 6.54 Å². The molecule has 0 spiro atoms. The van der Waals surface area contributed by atoms with Gasteiger partial charge in [-0.1, -0.05) is 0 Å². The molecule has 0 aliphatic heterocycles. The SMILES string of the molecule is COc1ccc2[nH]cc(CN[C@H]3CC[C@@H](Nc4nccc(N(C)C)n4)CC3)c2c1. The quantitative estimate of drug-likeness (QED) is 0.569. The molecule has 154 valence electrons. The summed E-state index contributed by atoms with van der Waals surface area (Å²) < 4.78 is 5.37. The first kappa shape index (κ1) is 19.5. The second kappa shape index (κ2) is 8.69. The number of aromatic amines is 1. The third-order valence-electron chi connectivity index (χ3n) is 5.72. The molecule has 29 heavy (non-hydrogen) atoms. The van der Waals surface area contributed by atoms with Gasteiger partial charge in [0.2, 0.25) is 5.95 Å². The maximum Gasteiger partial charge on any atom is 0.224 e. The molecule has 3 aromatic rings. The molecule has 7 heteroatoms. The monoisotopic (exact) mass is 394 g/mol. The van der Waals surface area contributed by atoms with Gasteiger partial charge in [-0.25, -0.2) is 4.98 Å². The first-order valence-electron chi connectivity index (χ1n) is 10.3. The Morgan fingerprint density at radius 3 is 2.69 bits per heavy atom. The molecule has 2 aromatic heterocycles. The fraction of sp³-hybridized carbons (Fsp3) is 0.455. The number of ether oxygens (including phenoxy) is 1. The van der Waals surface area contributed by atoms with E-state index in [9.17, 15) is 0 Å². The Kier molecular flexibility index (Phi) is 5.85. The summed E-state index contributed by atoms with van der Waals surface area (Å²) in [5, 5.41) is 8.47. The van der Waals surface area contributed by atoms with Crippen molar-refractivity contribution < 1.29 is 4.74 Å². The second-order valence-corrected chi connectivity index (χ2v) is 7.93. The van der Waals surface area contributed by atoms with Crippen molar-refractivity contribution in [3.8, 4) is 5.75 Å². The zero-order valence-electron chi connectivity index (χ0n) is 17.4. The lowest BCUT2D eigenvalue weighted by molar-refractivity contribution is 0.352. The molecule has 1 saturated carbocycles. The fourth-order valence-corrected chi connectivity index (χ4v) is 3.98. The average molecular weight is 395 g/mol. The van der Waals surface area contributed by atoms with Crippen LogP contribution in [-0.4, -0.2) is 48.2 Å². The highest BCUT2D eigenvalue weighted by Gasteiger charge is 2.21. The molecule has 0 bridgehead atoms. The van der Waals surface area contributed by atoms with E-state index in [1.807, 2.05) is 37.3 Å². The Hall–Kier alpha value is -2.80. The van der Waals surface area contributed by atoms with Gasteiger partial charge in [0.25, 0.3) is 0 Å². The van der Waals surface area contributed by atoms with Crippen molar-refractivity contribution in [1.29, 1.82) is 0 Å². The van der Waals surface area contributed by atoms with Gasteiger partial charge in [0.1, 0.15) is 11.6 Å². The predicted octanol–water partition coefficient (Wildman–Crippen LogP) is 3.55. The van der Waals surface area contributed by atoms with Gasteiger partial charge in [-0.05, 0) is 55.5 Å². The van der Waals surface area contributed by atoms with Gasteiger partial charge in [0.05, 0.1) is 7.11 Å². The normalized spacial score (nSPS) is 19.3. The van der Waals surface area contributed by atoms with Crippen molar-refractivity contribution >= 4 is 22.7 Å². The summed E-state index contributed by atoms with van der Waals surface area (Å²) in [6.45, 7) is 0.865. The van der Waals surface area contributed by atoms with Crippen molar-refractivity contribution in [2.45, 2.75) is 44.3 Å². The molecule has 0 saturated heterocycles. The molecule has 7 nitrogen and oxygen atoms in total. The number of hydrogen-bond donors (Lipinski definition) is 3. The molecule has 3 N–H and O–H groups in total. The fourth-order valence-electron chi connectivity index (χ4n) is 3.98. The van der Waals surface area contributed by atoms with Crippen molar-refractivity contribution in [2.75, 3.05) is 31.4 Å². The van der Waals surface area contributed by atoms with Crippen molar-refractivity contribution in [3.63, 3.8) is 0 Å². The van der Waals surface area contributed by atoms with Gasteiger partial charge >= 0.3 is 0 Å². The van der Waals surface area contributed by atoms with Gasteiger partial charge in [-0.2, -0.15) is 4.98 Å². The molecule has 0 radical (unpaired) electrons. The molecule has 0 amide bonds. The predicted molar refractivity (Wildman–Crippen MR) is 118 cm³/mol. The number of benzene rings is 1. The number of rotatable bonds is 7. The molecule has 1 aromatic carbocycles. The van der Waals surface area contributed by atoms with E-state index in [2.05, 4.69) is 43.9 Å².